The Kier molecular flexibility index (Phi) is 6.97. The highest BCUT2D eigenvalue weighted by Crippen LogP contribution is 2.26. The van der Waals surface area contributed by atoms with Crippen LogP contribution >= 0.6 is 11.6 Å². The van der Waals surface area contributed by atoms with E-state index in [1.165, 1.54) is 25.7 Å². The second kappa shape index (κ2) is 9.86. The van der Waals surface area contributed by atoms with Gasteiger partial charge in [0.2, 0.25) is 0 Å². The molecule has 3 amide bonds. The molecule has 1 aromatic heterocycles. The van der Waals surface area contributed by atoms with E-state index in [0.29, 0.717) is 48.6 Å². The van der Waals surface area contributed by atoms with Crippen LogP contribution in [0.25, 0.3) is 0 Å². The minimum atomic E-state index is 0.0138. The van der Waals surface area contributed by atoms with Gasteiger partial charge in [0.05, 0.1) is 10.6 Å². The lowest BCUT2D eigenvalue weighted by molar-refractivity contribution is 0.0724. The summed E-state index contributed by atoms with van der Waals surface area (Å²) < 4.78 is 0. The van der Waals surface area contributed by atoms with Crippen molar-refractivity contribution in [2.75, 3.05) is 44.2 Å². The fraction of sp³-hybridized carbons (Fsp3) is 0.682. The van der Waals surface area contributed by atoms with Crippen molar-refractivity contribution in [1.82, 2.24) is 20.1 Å². The van der Waals surface area contributed by atoms with Gasteiger partial charge in [-0.05, 0) is 38.2 Å². The van der Waals surface area contributed by atoms with Crippen LogP contribution in [0.3, 0.4) is 0 Å². The topological polar surface area (TPSA) is 68.8 Å². The third-order valence-electron chi connectivity index (χ3n) is 6.51. The molecule has 3 fully saturated rings. The summed E-state index contributed by atoms with van der Waals surface area (Å²) in [5.41, 5.74) is 0.552. The Labute approximate surface area is 183 Å². The minimum absolute atomic E-state index is 0.0138. The number of anilines is 1. The molecule has 2 saturated heterocycles. The first-order chi connectivity index (χ1) is 14.6. The highest BCUT2D eigenvalue weighted by atomic mass is 35.5. The first-order valence-electron chi connectivity index (χ1n) is 11.4. The van der Waals surface area contributed by atoms with Crippen LogP contribution in [0.2, 0.25) is 5.02 Å². The molecule has 2 aliphatic heterocycles. The summed E-state index contributed by atoms with van der Waals surface area (Å²) >= 11 is 6.51. The van der Waals surface area contributed by atoms with Crippen molar-refractivity contribution in [3.05, 3.63) is 22.8 Å². The van der Waals surface area contributed by atoms with Crippen molar-refractivity contribution in [3.63, 3.8) is 0 Å². The fourth-order valence-corrected chi connectivity index (χ4v) is 4.98. The molecule has 164 valence electrons. The predicted octanol–water partition coefficient (Wildman–Crippen LogP) is 3.53. The number of likely N-dealkylation sites (tertiary alicyclic amines) is 1. The lowest BCUT2D eigenvalue weighted by Crippen LogP contribution is -2.54. The molecule has 0 radical (unpaired) electrons. The SMILES string of the molecule is O=C(NC1CCCCC1)N1CCN(c2ncc(C(=O)N3CCCCC3)cc2Cl)CC1. The Morgan fingerprint density at radius 1 is 0.900 bits per heavy atom. The van der Waals surface area contributed by atoms with E-state index in [0.717, 1.165) is 38.8 Å². The Morgan fingerprint density at radius 3 is 2.23 bits per heavy atom. The number of hydrogen-bond acceptors (Lipinski definition) is 4. The molecule has 30 heavy (non-hydrogen) atoms. The second-order valence-corrected chi connectivity index (χ2v) is 9.05. The normalized spacial score (nSPS) is 20.9. The lowest BCUT2D eigenvalue weighted by atomic mass is 9.96. The largest absolute Gasteiger partial charge is 0.352 e. The van der Waals surface area contributed by atoms with Crippen LogP contribution in [-0.2, 0) is 0 Å². The summed E-state index contributed by atoms with van der Waals surface area (Å²) in [6, 6.07) is 2.11. The van der Waals surface area contributed by atoms with Crippen molar-refractivity contribution in [2.45, 2.75) is 57.4 Å². The summed E-state index contributed by atoms with van der Waals surface area (Å²) in [7, 11) is 0. The molecule has 0 spiro atoms. The maximum atomic E-state index is 12.7. The smallest absolute Gasteiger partial charge is 0.317 e. The standard InChI is InChI=1S/C22H32ClN5O2/c23-19-15-17(21(29)27-9-5-2-6-10-27)16-24-20(19)26-11-13-28(14-12-26)22(30)25-18-7-3-1-4-8-18/h15-16,18H,1-14H2,(H,25,30). The van der Waals surface area contributed by atoms with Crippen LogP contribution in [0.5, 0.6) is 0 Å². The van der Waals surface area contributed by atoms with Gasteiger partial charge in [-0.15, -0.1) is 0 Å². The molecule has 1 N–H and O–H groups in total. The predicted molar refractivity (Wildman–Crippen MR) is 118 cm³/mol. The zero-order valence-corrected chi connectivity index (χ0v) is 18.4. The van der Waals surface area contributed by atoms with Crippen LogP contribution < -0.4 is 10.2 Å². The third-order valence-corrected chi connectivity index (χ3v) is 6.79. The Balaban J connectivity index is 1.31. The number of rotatable bonds is 3. The van der Waals surface area contributed by atoms with Gasteiger partial charge in [0.25, 0.3) is 5.91 Å². The highest BCUT2D eigenvalue weighted by molar-refractivity contribution is 6.33. The van der Waals surface area contributed by atoms with E-state index in [-0.39, 0.29) is 11.9 Å². The quantitative estimate of drug-likeness (QED) is 0.791. The number of carbonyl (C=O) groups is 2. The van der Waals surface area contributed by atoms with Crippen LogP contribution in [0.4, 0.5) is 10.6 Å². The van der Waals surface area contributed by atoms with Gasteiger partial charge < -0.3 is 20.0 Å². The van der Waals surface area contributed by atoms with E-state index in [9.17, 15) is 9.59 Å². The first kappa shape index (κ1) is 21.2. The summed E-state index contributed by atoms with van der Waals surface area (Å²) in [5.74, 6) is 0.707. The van der Waals surface area contributed by atoms with E-state index in [2.05, 4.69) is 15.2 Å². The van der Waals surface area contributed by atoms with Crippen LogP contribution in [0.15, 0.2) is 12.3 Å². The second-order valence-electron chi connectivity index (χ2n) is 8.64. The molecule has 0 unspecified atom stereocenters. The molecule has 3 heterocycles. The van der Waals surface area contributed by atoms with Crippen LogP contribution in [0, 0.1) is 0 Å². The van der Waals surface area contributed by atoms with E-state index in [1.54, 1.807) is 12.3 Å². The number of halogens is 1. The van der Waals surface area contributed by atoms with Crippen LogP contribution in [0.1, 0.15) is 61.7 Å². The number of pyridine rings is 1. The van der Waals surface area contributed by atoms with Gasteiger partial charge in [-0.1, -0.05) is 30.9 Å². The summed E-state index contributed by atoms with van der Waals surface area (Å²) in [6.07, 6.45) is 10.8. The molecular formula is C22H32ClN5O2. The number of hydrogen-bond donors (Lipinski definition) is 1. The molecule has 8 heteroatoms. The number of nitrogens with zero attached hydrogens (tertiary/aromatic N) is 4. The molecule has 1 aromatic rings. The number of piperidine rings is 1. The van der Waals surface area contributed by atoms with Gasteiger partial charge >= 0.3 is 6.03 Å². The van der Waals surface area contributed by atoms with E-state index >= 15 is 0 Å². The Hall–Kier alpha value is -2.02. The minimum Gasteiger partial charge on any atom is -0.352 e. The molecule has 1 saturated carbocycles. The van der Waals surface area contributed by atoms with E-state index in [1.807, 2.05) is 9.80 Å². The van der Waals surface area contributed by atoms with Crippen molar-refractivity contribution in [2.24, 2.45) is 0 Å². The average Bonchev–Trinajstić information content (AvgIpc) is 2.80. The zero-order valence-electron chi connectivity index (χ0n) is 17.6. The van der Waals surface area contributed by atoms with E-state index < -0.39 is 0 Å². The monoisotopic (exact) mass is 433 g/mol. The van der Waals surface area contributed by atoms with E-state index in [4.69, 9.17) is 11.6 Å². The molecule has 1 aliphatic carbocycles. The number of amides is 3. The summed E-state index contributed by atoms with van der Waals surface area (Å²) in [4.78, 5) is 35.6. The molecule has 7 nitrogen and oxygen atoms in total. The number of nitrogens with one attached hydrogen (secondary N) is 1. The Bertz CT molecular complexity index is 754. The molecule has 4 rings (SSSR count). The maximum absolute atomic E-state index is 12.7. The first-order valence-corrected chi connectivity index (χ1v) is 11.7. The zero-order chi connectivity index (χ0) is 20.9. The van der Waals surface area contributed by atoms with Gasteiger partial charge in [-0.2, -0.15) is 0 Å². The highest BCUT2D eigenvalue weighted by Gasteiger charge is 2.26. The molecule has 0 atom stereocenters. The van der Waals surface area contributed by atoms with Gasteiger partial charge in [0, 0.05) is 51.5 Å². The summed E-state index contributed by atoms with van der Waals surface area (Å²) in [6.45, 7) is 4.27. The number of carbonyl (C=O) groups excluding carboxylic acids is 2. The number of urea groups is 1. The fourth-order valence-electron chi connectivity index (χ4n) is 4.69. The maximum Gasteiger partial charge on any atom is 0.317 e. The van der Waals surface area contributed by atoms with Crippen molar-refractivity contribution in [1.29, 1.82) is 0 Å². The molecular weight excluding hydrogens is 402 g/mol. The molecule has 0 bridgehead atoms. The van der Waals surface area contributed by atoms with Crippen LogP contribution in [-0.4, -0.2) is 72.0 Å². The Morgan fingerprint density at radius 2 is 1.57 bits per heavy atom. The summed E-state index contributed by atoms with van der Waals surface area (Å²) in [5, 5.41) is 3.69. The van der Waals surface area contributed by atoms with Crippen molar-refractivity contribution >= 4 is 29.4 Å². The van der Waals surface area contributed by atoms with Crippen molar-refractivity contribution < 1.29 is 9.59 Å². The third kappa shape index (κ3) is 4.99. The molecule has 0 aromatic carbocycles. The van der Waals surface area contributed by atoms with Gasteiger partial charge in [-0.3, -0.25) is 4.79 Å². The average molecular weight is 434 g/mol. The van der Waals surface area contributed by atoms with Crippen molar-refractivity contribution in [3.8, 4) is 0 Å². The molecule has 3 aliphatic rings. The number of aromatic nitrogens is 1. The number of piperazine rings is 1. The van der Waals surface area contributed by atoms with Gasteiger partial charge in [-0.25, -0.2) is 9.78 Å². The van der Waals surface area contributed by atoms with Gasteiger partial charge in [0.1, 0.15) is 5.82 Å². The van der Waals surface area contributed by atoms with Gasteiger partial charge in [0.15, 0.2) is 0 Å². The lowest BCUT2D eigenvalue weighted by Gasteiger charge is -2.37.